The molecule has 5 nitrogen and oxygen atoms in total. The molecule has 0 saturated carbocycles. The topological polar surface area (TPSA) is 45.6 Å². The largest absolute Gasteiger partial charge is 0.316 e. The molecule has 4 aromatic rings. The van der Waals surface area contributed by atoms with Crippen molar-refractivity contribution in [3.63, 3.8) is 0 Å². The number of aryl methyl sites for hydroxylation is 1. The van der Waals surface area contributed by atoms with Gasteiger partial charge in [0.25, 0.3) is 11.8 Å². The fraction of sp³-hybridized carbons (Fsp3) is 0.0690. The molecule has 0 spiro atoms. The summed E-state index contributed by atoms with van der Waals surface area (Å²) in [5, 5.41) is 0.722. The predicted molar refractivity (Wildman–Crippen MR) is 149 cm³/mol. The van der Waals surface area contributed by atoms with Gasteiger partial charge in [0, 0.05) is 11.4 Å². The smallest absolute Gasteiger partial charge is 0.270 e. The molecule has 3 aromatic carbocycles. The fourth-order valence-electron chi connectivity index (χ4n) is 4.43. The van der Waals surface area contributed by atoms with Crippen LogP contribution in [0, 0.1) is 13.8 Å². The van der Waals surface area contributed by atoms with E-state index in [1.165, 1.54) is 9.80 Å². The number of amides is 2. The van der Waals surface area contributed by atoms with Crippen molar-refractivity contribution in [1.82, 2.24) is 4.57 Å². The van der Waals surface area contributed by atoms with E-state index >= 15 is 0 Å². The molecular weight excluding hydrogens is 490 g/mol. The molecule has 0 atom stereocenters. The van der Waals surface area contributed by atoms with E-state index in [4.69, 9.17) is 23.8 Å². The average Bonchev–Trinajstić information content (AvgIpc) is 3.16. The minimum absolute atomic E-state index is 0.0238. The second kappa shape index (κ2) is 9.57. The van der Waals surface area contributed by atoms with Crippen molar-refractivity contribution in [3.8, 4) is 5.69 Å². The van der Waals surface area contributed by atoms with Gasteiger partial charge < -0.3 is 4.57 Å². The minimum atomic E-state index is -0.467. The molecule has 0 aliphatic carbocycles. The molecule has 1 aliphatic rings. The molecule has 1 aliphatic heterocycles. The van der Waals surface area contributed by atoms with Gasteiger partial charge in [-0.05, 0) is 80.2 Å². The lowest BCUT2D eigenvalue weighted by Crippen LogP contribution is -2.56. The number of hydrogen-bond acceptors (Lipinski definition) is 3. The second-order valence-electron chi connectivity index (χ2n) is 8.41. The van der Waals surface area contributed by atoms with Crippen molar-refractivity contribution in [3.05, 3.63) is 119 Å². The van der Waals surface area contributed by atoms with E-state index in [9.17, 15) is 9.59 Å². The molecule has 1 saturated heterocycles. The highest BCUT2D eigenvalue weighted by Gasteiger charge is 2.41. The van der Waals surface area contributed by atoms with Gasteiger partial charge in [-0.2, -0.15) is 0 Å². The summed E-state index contributed by atoms with van der Waals surface area (Å²) < 4.78 is 2.01. The highest BCUT2D eigenvalue weighted by Crippen LogP contribution is 2.32. The number of thiocarbonyl (C=S) groups is 1. The Hall–Kier alpha value is -4.00. The number of anilines is 2. The van der Waals surface area contributed by atoms with Gasteiger partial charge in [0.15, 0.2) is 5.11 Å². The molecule has 0 N–H and O–H groups in total. The van der Waals surface area contributed by atoms with E-state index in [2.05, 4.69) is 0 Å². The Morgan fingerprint density at radius 1 is 0.750 bits per heavy atom. The van der Waals surface area contributed by atoms with Crippen molar-refractivity contribution in [1.29, 1.82) is 0 Å². The van der Waals surface area contributed by atoms with Crippen LogP contribution in [-0.4, -0.2) is 21.5 Å². The molecule has 1 aromatic heterocycles. The monoisotopic (exact) mass is 511 g/mol. The van der Waals surface area contributed by atoms with Gasteiger partial charge in [-0.15, -0.1) is 0 Å². The maximum absolute atomic E-state index is 13.7. The highest BCUT2D eigenvalue weighted by molar-refractivity contribution is 7.81. The highest BCUT2D eigenvalue weighted by atomic mass is 35.5. The van der Waals surface area contributed by atoms with Gasteiger partial charge in [0.1, 0.15) is 5.57 Å². The van der Waals surface area contributed by atoms with Gasteiger partial charge >= 0.3 is 0 Å². The summed E-state index contributed by atoms with van der Waals surface area (Å²) >= 11 is 12.1. The first-order valence-corrected chi connectivity index (χ1v) is 12.2. The summed E-state index contributed by atoms with van der Waals surface area (Å²) in [5.41, 5.74) is 4.58. The number of carbonyl (C=O) groups is 2. The van der Waals surface area contributed by atoms with E-state index in [-0.39, 0.29) is 10.7 Å². The molecule has 36 heavy (non-hydrogen) atoms. The maximum atomic E-state index is 13.7. The molecule has 0 unspecified atom stereocenters. The van der Waals surface area contributed by atoms with Crippen LogP contribution < -0.4 is 9.80 Å². The zero-order valence-corrected chi connectivity index (χ0v) is 21.3. The molecule has 2 amide bonds. The van der Waals surface area contributed by atoms with E-state index in [0.717, 1.165) is 22.6 Å². The van der Waals surface area contributed by atoms with Crippen molar-refractivity contribution >= 4 is 58.2 Å². The Kier molecular flexibility index (Phi) is 6.31. The van der Waals surface area contributed by atoms with E-state index in [1.54, 1.807) is 30.3 Å². The van der Waals surface area contributed by atoms with Crippen LogP contribution in [0.15, 0.2) is 96.6 Å². The van der Waals surface area contributed by atoms with Crippen molar-refractivity contribution in [2.75, 3.05) is 9.80 Å². The standard InChI is InChI=1S/C29H22ClN3O2S/c1-19-17-21(20(2)31(19)26-16-10-9-15-25(26)30)18-24-27(34)32(22-11-5-3-6-12-22)29(36)33(28(24)35)23-13-7-4-8-14-23/h3-18H,1-2H3. The molecule has 2 heterocycles. The second-order valence-corrected chi connectivity index (χ2v) is 9.18. The number of benzene rings is 3. The van der Waals surface area contributed by atoms with Gasteiger partial charge in [-0.1, -0.05) is 60.1 Å². The zero-order chi connectivity index (χ0) is 25.4. The van der Waals surface area contributed by atoms with Crippen LogP contribution in [0.25, 0.3) is 11.8 Å². The first-order valence-electron chi connectivity index (χ1n) is 11.4. The molecule has 1 fully saturated rings. The maximum Gasteiger partial charge on any atom is 0.270 e. The van der Waals surface area contributed by atoms with Gasteiger partial charge in [-0.3, -0.25) is 19.4 Å². The first kappa shape index (κ1) is 23.7. The third-order valence-electron chi connectivity index (χ3n) is 6.14. The first-order chi connectivity index (χ1) is 17.4. The number of halogens is 1. The average molecular weight is 512 g/mol. The lowest BCUT2D eigenvalue weighted by Gasteiger charge is -2.36. The summed E-state index contributed by atoms with van der Waals surface area (Å²) in [4.78, 5) is 30.3. The lowest BCUT2D eigenvalue weighted by molar-refractivity contribution is -0.120. The predicted octanol–water partition coefficient (Wildman–Crippen LogP) is 6.50. The quantitative estimate of drug-likeness (QED) is 0.178. The molecule has 7 heteroatoms. The van der Waals surface area contributed by atoms with Crippen molar-refractivity contribution in [2.24, 2.45) is 0 Å². The van der Waals surface area contributed by atoms with Crippen LogP contribution in [0.1, 0.15) is 17.0 Å². The number of nitrogens with zero attached hydrogens (tertiary/aromatic N) is 3. The lowest BCUT2D eigenvalue weighted by atomic mass is 10.1. The van der Waals surface area contributed by atoms with Gasteiger partial charge in [-0.25, -0.2) is 0 Å². The van der Waals surface area contributed by atoms with Gasteiger partial charge in [0.05, 0.1) is 22.1 Å². The van der Waals surface area contributed by atoms with E-state index < -0.39 is 11.8 Å². The summed E-state index contributed by atoms with van der Waals surface area (Å²) in [6.07, 6.45) is 1.65. The summed E-state index contributed by atoms with van der Waals surface area (Å²) in [6.45, 7) is 3.90. The van der Waals surface area contributed by atoms with E-state index in [1.807, 2.05) is 85.1 Å². The summed E-state index contributed by atoms with van der Waals surface area (Å²) in [5.74, 6) is -0.933. The summed E-state index contributed by atoms with van der Waals surface area (Å²) in [6, 6.07) is 27.7. The Morgan fingerprint density at radius 2 is 1.25 bits per heavy atom. The van der Waals surface area contributed by atoms with E-state index in [0.29, 0.717) is 16.4 Å². The fourth-order valence-corrected chi connectivity index (χ4v) is 5.03. The molecule has 178 valence electrons. The van der Waals surface area contributed by atoms with Crippen LogP contribution >= 0.6 is 23.8 Å². The minimum Gasteiger partial charge on any atom is -0.316 e. The normalized spacial score (nSPS) is 14.0. The molecular formula is C29H22ClN3O2S. The van der Waals surface area contributed by atoms with Crippen LogP contribution in [0.4, 0.5) is 11.4 Å². The number of carbonyl (C=O) groups excluding carboxylic acids is 2. The zero-order valence-electron chi connectivity index (χ0n) is 19.7. The molecule has 0 radical (unpaired) electrons. The Labute approximate surface area is 219 Å². The third-order valence-corrected chi connectivity index (χ3v) is 6.83. The Balaban J connectivity index is 1.67. The van der Waals surface area contributed by atoms with Crippen LogP contribution in [0.3, 0.4) is 0 Å². The van der Waals surface area contributed by atoms with Crippen LogP contribution in [0.5, 0.6) is 0 Å². The number of para-hydroxylation sites is 3. The number of hydrogen-bond donors (Lipinski definition) is 0. The van der Waals surface area contributed by atoms with Gasteiger partial charge in [0.2, 0.25) is 0 Å². The molecule has 0 bridgehead atoms. The number of rotatable bonds is 4. The third kappa shape index (κ3) is 4.04. The summed E-state index contributed by atoms with van der Waals surface area (Å²) in [7, 11) is 0. The Morgan fingerprint density at radius 3 is 1.78 bits per heavy atom. The van der Waals surface area contributed by atoms with Crippen molar-refractivity contribution < 1.29 is 9.59 Å². The van der Waals surface area contributed by atoms with Crippen molar-refractivity contribution in [2.45, 2.75) is 13.8 Å². The molecule has 5 rings (SSSR count). The number of aromatic nitrogens is 1. The van der Waals surface area contributed by atoms with Crippen LogP contribution in [0.2, 0.25) is 5.02 Å². The van der Waals surface area contributed by atoms with Crippen LogP contribution in [-0.2, 0) is 9.59 Å². The SMILES string of the molecule is Cc1cc(C=C2C(=O)N(c3ccccc3)C(=S)N(c3ccccc3)C2=O)c(C)n1-c1ccccc1Cl. The Bertz CT molecular complexity index is 1460.